The number of carbonyl (C=O) groups is 1. The molecular formula is C17H13ClFN3OS. The van der Waals surface area contributed by atoms with Crippen LogP contribution in [-0.2, 0) is 0 Å². The number of hydrogen-bond acceptors (Lipinski definition) is 4. The number of hydrogen-bond donors (Lipinski definition) is 2. The maximum atomic E-state index is 12.9. The number of aromatic nitrogens is 1. The summed E-state index contributed by atoms with van der Waals surface area (Å²) in [7, 11) is 0. The van der Waals surface area contributed by atoms with Crippen LogP contribution in [0.1, 0.15) is 15.4 Å². The highest BCUT2D eigenvalue weighted by Gasteiger charge is 2.16. The Morgan fingerprint density at radius 3 is 2.58 bits per heavy atom. The minimum atomic E-state index is -0.310. The summed E-state index contributed by atoms with van der Waals surface area (Å²) in [5.41, 5.74) is 1.85. The molecule has 2 N–H and O–H groups in total. The number of amides is 1. The first-order chi connectivity index (χ1) is 11.5. The van der Waals surface area contributed by atoms with E-state index in [1.54, 1.807) is 43.3 Å². The standard InChI is InChI=1S/C17H13ClFN3OS/c1-10-15(16(23)22-14-5-3-2-4-13(14)18)24-17(20-10)21-12-8-6-11(19)7-9-12/h2-9H,1H3,(H,20,21)(H,22,23). The van der Waals surface area contributed by atoms with Gasteiger partial charge in [0.25, 0.3) is 5.91 Å². The van der Waals surface area contributed by atoms with E-state index in [1.165, 1.54) is 23.5 Å². The molecule has 0 unspecified atom stereocenters. The summed E-state index contributed by atoms with van der Waals surface area (Å²) in [5, 5.41) is 6.86. The Kier molecular flexibility index (Phi) is 4.78. The van der Waals surface area contributed by atoms with Crippen LogP contribution in [0.25, 0.3) is 0 Å². The number of aryl methyl sites for hydroxylation is 1. The minimum Gasteiger partial charge on any atom is -0.332 e. The molecule has 0 aliphatic heterocycles. The van der Waals surface area contributed by atoms with Gasteiger partial charge in [-0.3, -0.25) is 4.79 Å². The van der Waals surface area contributed by atoms with Crippen LogP contribution in [0.5, 0.6) is 0 Å². The molecule has 0 radical (unpaired) electrons. The fourth-order valence-corrected chi connectivity index (χ4v) is 3.12. The van der Waals surface area contributed by atoms with Gasteiger partial charge in [0.1, 0.15) is 10.7 Å². The van der Waals surface area contributed by atoms with Crippen molar-refractivity contribution in [3.63, 3.8) is 0 Å². The van der Waals surface area contributed by atoms with Gasteiger partial charge in [0.2, 0.25) is 0 Å². The Labute approximate surface area is 147 Å². The quantitative estimate of drug-likeness (QED) is 0.668. The van der Waals surface area contributed by atoms with Gasteiger partial charge in [0.05, 0.1) is 16.4 Å². The lowest BCUT2D eigenvalue weighted by molar-refractivity contribution is 0.103. The molecule has 122 valence electrons. The largest absolute Gasteiger partial charge is 0.332 e. The molecule has 0 aliphatic carbocycles. The van der Waals surface area contributed by atoms with Gasteiger partial charge in [0.15, 0.2) is 5.13 Å². The molecule has 3 aromatic rings. The van der Waals surface area contributed by atoms with E-state index in [2.05, 4.69) is 15.6 Å². The zero-order valence-corrected chi connectivity index (χ0v) is 14.2. The third kappa shape index (κ3) is 3.72. The first-order valence-electron chi connectivity index (χ1n) is 7.09. The third-order valence-electron chi connectivity index (χ3n) is 3.22. The maximum absolute atomic E-state index is 12.9. The van der Waals surface area contributed by atoms with Crippen LogP contribution in [0.3, 0.4) is 0 Å². The number of anilines is 3. The molecule has 1 aromatic heterocycles. The second kappa shape index (κ2) is 6.98. The van der Waals surface area contributed by atoms with E-state index in [9.17, 15) is 9.18 Å². The van der Waals surface area contributed by atoms with Crippen molar-refractivity contribution in [2.24, 2.45) is 0 Å². The number of halogens is 2. The monoisotopic (exact) mass is 361 g/mol. The number of thiazole rings is 1. The van der Waals surface area contributed by atoms with E-state index in [1.807, 2.05) is 0 Å². The number of rotatable bonds is 4. The van der Waals surface area contributed by atoms with Crippen LogP contribution in [0, 0.1) is 12.7 Å². The van der Waals surface area contributed by atoms with Gasteiger partial charge in [-0.15, -0.1) is 0 Å². The van der Waals surface area contributed by atoms with Crippen LogP contribution in [0.15, 0.2) is 48.5 Å². The third-order valence-corrected chi connectivity index (χ3v) is 4.62. The van der Waals surface area contributed by atoms with E-state index >= 15 is 0 Å². The van der Waals surface area contributed by atoms with Crippen molar-refractivity contribution in [1.82, 2.24) is 4.98 Å². The minimum absolute atomic E-state index is 0.273. The Morgan fingerprint density at radius 2 is 1.88 bits per heavy atom. The van der Waals surface area contributed by atoms with Crippen molar-refractivity contribution < 1.29 is 9.18 Å². The Balaban J connectivity index is 1.77. The molecule has 4 nitrogen and oxygen atoms in total. The normalized spacial score (nSPS) is 10.5. The molecule has 7 heteroatoms. The van der Waals surface area contributed by atoms with Gasteiger partial charge in [-0.25, -0.2) is 9.37 Å². The molecule has 3 rings (SSSR count). The van der Waals surface area contributed by atoms with Gasteiger partial charge in [0, 0.05) is 5.69 Å². The molecule has 2 aromatic carbocycles. The smallest absolute Gasteiger partial charge is 0.267 e. The van der Waals surface area contributed by atoms with Gasteiger partial charge in [-0.05, 0) is 43.3 Å². The fourth-order valence-electron chi connectivity index (χ4n) is 2.06. The summed E-state index contributed by atoms with van der Waals surface area (Å²) < 4.78 is 12.9. The molecule has 0 saturated carbocycles. The number of benzene rings is 2. The van der Waals surface area contributed by atoms with E-state index in [0.29, 0.717) is 32.1 Å². The van der Waals surface area contributed by atoms with Crippen LogP contribution < -0.4 is 10.6 Å². The van der Waals surface area contributed by atoms with Crippen molar-refractivity contribution in [1.29, 1.82) is 0 Å². The molecule has 0 saturated heterocycles. The highest BCUT2D eigenvalue weighted by Crippen LogP contribution is 2.28. The number of nitrogens with one attached hydrogen (secondary N) is 2. The molecule has 0 atom stereocenters. The maximum Gasteiger partial charge on any atom is 0.267 e. The van der Waals surface area contributed by atoms with Crippen LogP contribution in [-0.4, -0.2) is 10.9 Å². The Bertz CT molecular complexity index is 880. The van der Waals surface area contributed by atoms with E-state index in [-0.39, 0.29) is 11.7 Å². The topological polar surface area (TPSA) is 54.0 Å². The second-order valence-corrected chi connectivity index (χ2v) is 6.41. The molecule has 24 heavy (non-hydrogen) atoms. The summed E-state index contributed by atoms with van der Waals surface area (Å²) >= 11 is 7.27. The number of para-hydroxylation sites is 1. The van der Waals surface area contributed by atoms with Crippen molar-refractivity contribution in [3.05, 3.63) is 69.9 Å². The molecule has 0 spiro atoms. The molecule has 1 heterocycles. The summed E-state index contributed by atoms with van der Waals surface area (Å²) in [6.45, 7) is 1.76. The van der Waals surface area contributed by atoms with E-state index < -0.39 is 0 Å². The number of carbonyl (C=O) groups excluding carboxylic acids is 1. The molecule has 0 fully saturated rings. The van der Waals surface area contributed by atoms with Crippen molar-refractivity contribution in [2.45, 2.75) is 6.92 Å². The van der Waals surface area contributed by atoms with Gasteiger partial charge in [-0.2, -0.15) is 0 Å². The average Bonchev–Trinajstić information content (AvgIpc) is 2.92. The second-order valence-electron chi connectivity index (χ2n) is 5.00. The van der Waals surface area contributed by atoms with E-state index in [4.69, 9.17) is 11.6 Å². The van der Waals surface area contributed by atoms with E-state index in [0.717, 1.165) is 0 Å². The highest BCUT2D eigenvalue weighted by molar-refractivity contribution is 7.17. The molecular weight excluding hydrogens is 349 g/mol. The SMILES string of the molecule is Cc1nc(Nc2ccc(F)cc2)sc1C(=O)Nc1ccccc1Cl. The highest BCUT2D eigenvalue weighted by atomic mass is 35.5. The predicted octanol–water partition coefficient (Wildman–Crippen LogP) is 5.24. The lowest BCUT2D eigenvalue weighted by Crippen LogP contribution is -2.11. The molecule has 1 amide bonds. The Hall–Kier alpha value is -2.44. The van der Waals surface area contributed by atoms with Crippen LogP contribution in [0.2, 0.25) is 5.02 Å². The average molecular weight is 362 g/mol. The molecule has 0 bridgehead atoms. The van der Waals surface area contributed by atoms with Gasteiger partial charge < -0.3 is 10.6 Å². The summed E-state index contributed by atoms with van der Waals surface area (Å²) in [6.07, 6.45) is 0. The summed E-state index contributed by atoms with van der Waals surface area (Å²) in [5.74, 6) is -0.582. The first kappa shape index (κ1) is 16.4. The summed E-state index contributed by atoms with van der Waals surface area (Å²) in [4.78, 5) is 17.2. The van der Waals surface area contributed by atoms with Gasteiger partial charge >= 0.3 is 0 Å². The van der Waals surface area contributed by atoms with Crippen molar-refractivity contribution in [2.75, 3.05) is 10.6 Å². The van der Waals surface area contributed by atoms with Crippen LogP contribution in [0.4, 0.5) is 20.9 Å². The first-order valence-corrected chi connectivity index (χ1v) is 8.28. The zero-order chi connectivity index (χ0) is 17.1. The Morgan fingerprint density at radius 1 is 1.17 bits per heavy atom. The number of nitrogens with zero attached hydrogens (tertiary/aromatic N) is 1. The van der Waals surface area contributed by atoms with Gasteiger partial charge in [-0.1, -0.05) is 35.1 Å². The zero-order valence-electron chi connectivity index (χ0n) is 12.6. The lowest BCUT2D eigenvalue weighted by Gasteiger charge is -2.05. The van der Waals surface area contributed by atoms with Crippen molar-refractivity contribution >= 4 is 45.4 Å². The van der Waals surface area contributed by atoms with Crippen molar-refractivity contribution in [3.8, 4) is 0 Å². The predicted molar refractivity (Wildman–Crippen MR) is 95.9 cm³/mol. The molecule has 0 aliphatic rings. The summed E-state index contributed by atoms with van der Waals surface area (Å²) in [6, 6.07) is 12.9. The lowest BCUT2D eigenvalue weighted by atomic mass is 10.3. The fraction of sp³-hybridized carbons (Fsp3) is 0.0588. The van der Waals surface area contributed by atoms with Crippen LogP contribution >= 0.6 is 22.9 Å².